The standard InChI is InChI=1S/C9H14F4N2O4S/c10-8(11)9(12,13)5-14-20(18,19)15-4-2-1-3-6(15)7(16)17/h6,8,14H,1-5H2,(H,16,17). The quantitative estimate of drug-likeness (QED) is 0.703. The van der Waals surface area contributed by atoms with E-state index in [-0.39, 0.29) is 13.0 Å². The third-order valence-electron chi connectivity index (χ3n) is 2.86. The summed E-state index contributed by atoms with van der Waals surface area (Å²) in [6.07, 6.45) is -3.12. The van der Waals surface area contributed by atoms with E-state index < -0.39 is 41.1 Å². The number of rotatable bonds is 6. The molecule has 1 aliphatic rings. The number of nitrogens with one attached hydrogen (secondary N) is 1. The number of carboxylic acids is 1. The molecule has 0 aromatic rings. The van der Waals surface area contributed by atoms with Gasteiger partial charge in [0.25, 0.3) is 10.2 Å². The molecule has 0 aromatic heterocycles. The van der Waals surface area contributed by atoms with Crippen LogP contribution in [0.3, 0.4) is 0 Å². The highest BCUT2D eigenvalue weighted by atomic mass is 32.2. The minimum Gasteiger partial charge on any atom is -0.480 e. The van der Waals surface area contributed by atoms with Crippen LogP contribution in [-0.2, 0) is 15.0 Å². The molecule has 1 fully saturated rings. The van der Waals surface area contributed by atoms with E-state index in [1.54, 1.807) is 0 Å². The lowest BCUT2D eigenvalue weighted by molar-refractivity contribution is -0.142. The molecule has 11 heteroatoms. The number of nitrogens with zero attached hydrogens (tertiary/aromatic N) is 1. The number of carboxylic acid groups (broad SMARTS) is 1. The first-order valence-corrected chi connectivity index (χ1v) is 7.17. The van der Waals surface area contributed by atoms with Crippen LogP contribution in [0.25, 0.3) is 0 Å². The summed E-state index contributed by atoms with van der Waals surface area (Å²) in [6.45, 7) is -1.94. The second-order valence-corrected chi connectivity index (χ2v) is 6.06. The highest BCUT2D eigenvalue weighted by Gasteiger charge is 2.43. The fourth-order valence-electron chi connectivity index (χ4n) is 1.79. The molecule has 0 aliphatic carbocycles. The van der Waals surface area contributed by atoms with Crippen LogP contribution in [0.15, 0.2) is 0 Å². The third kappa shape index (κ3) is 4.03. The fraction of sp³-hybridized carbons (Fsp3) is 0.889. The zero-order valence-electron chi connectivity index (χ0n) is 10.2. The van der Waals surface area contributed by atoms with E-state index >= 15 is 0 Å². The summed E-state index contributed by atoms with van der Waals surface area (Å²) in [5, 5.41) is 8.89. The van der Waals surface area contributed by atoms with Crippen LogP contribution in [0, 0.1) is 0 Å². The van der Waals surface area contributed by atoms with Crippen molar-refractivity contribution in [3.05, 3.63) is 0 Å². The molecular weight excluding hydrogens is 308 g/mol. The Labute approximate surface area is 112 Å². The van der Waals surface area contributed by atoms with Crippen molar-refractivity contribution in [1.82, 2.24) is 9.03 Å². The second-order valence-electron chi connectivity index (χ2n) is 4.35. The smallest absolute Gasteiger partial charge is 0.322 e. The van der Waals surface area contributed by atoms with Gasteiger partial charge in [-0.25, -0.2) is 8.78 Å². The summed E-state index contributed by atoms with van der Waals surface area (Å²) in [5.74, 6) is -5.92. The van der Waals surface area contributed by atoms with Crippen molar-refractivity contribution in [1.29, 1.82) is 0 Å². The van der Waals surface area contributed by atoms with E-state index in [4.69, 9.17) is 5.11 Å². The minimum absolute atomic E-state index is 0.0431. The number of halogens is 4. The molecule has 0 aromatic carbocycles. The summed E-state index contributed by atoms with van der Waals surface area (Å²) >= 11 is 0. The summed E-state index contributed by atoms with van der Waals surface area (Å²) in [6, 6.07) is -1.37. The Morgan fingerprint density at radius 1 is 1.40 bits per heavy atom. The minimum atomic E-state index is -4.56. The van der Waals surface area contributed by atoms with E-state index in [1.165, 1.54) is 4.72 Å². The molecule has 1 unspecified atom stereocenters. The molecule has 1 aliphatic heterocycles. The Bertz CT molecular complexity index is 457. The topological polar surface area (TPSA) is 86.7 Å². The molecule has 20 heavy (non-hydrogen) atoms. The number of hydrogen-bond acceptors (Lipinski definition) is 3. The zero-order valence-corrected chi connectivity index (χ0v) is 11.0. The van der Waals surface area contributed by atoms with Gasteiger partial charge in [-0.1, -0.05) is 0 Å². The Hall–Kier alpha value is -0.940. The highest BCUT2D eigenvalue weighted by Crippen LogP contribution is 2.24. The van der Waals surface area contributed by atoms with Gasteiger partial charge < -0.3 is 5.11 Å². The molecule has 1 atom stereocenters. The first-order chi connectivity index (χ1) is 9.08. The van der Waals surface area contributed by atoms with Crippen molar-refractivity contribution in [2.24, 2.45) is 0 Å². The Balaban J connectivity index is 2.79. The average Bonchev–Trinajstić information content (AvgIpc) is 2.36. The van der Waals surface area contributed by atoms with Gasteiger partial charge in [0.1, 0.15) is 6.04 Å². The normalized spacial score (nSPS) is 22.1. The van der Waals surface area contributed by atoms with E-state index in [1.807, 2.05) is 0 Å². The van der Waals surface area contributed by atoms with Crippen molar-refractivity contribution >= 4 is 16.2 Å². The van der Waals surface area contributed by atoms with Gasteiger partial charge in [-0.15, -0.1) is 0 Å². The van der Waals surface area contributed by atoms with Gasteiger partial charge in [0.2, 0.25) is 0 Å². The summed E-state index contributed by atoms with van der Waals surface area (Å²) < 4.78 is 74.6. The lowest BCUT2D eigenvalue weighted by atomic mass is 10.1. The highest BCUT2D eigenvalue weighted by molar-refractivity contribution is 7.87. The van der Waals surface area contributed by atoms with E-state index in [0.717, 1.165) is 0 Å². The van der Waals surface area contributed by atoms with Crippen LogP contribution in [0.1, 0.15) is 19.3 Å². The van der Waals surface area contributed by atoms with E-state index in [9.17, 15) is 30.8 Å². The van der Waals surface area contributed by atoms with Crippen LogP contribution >= 0.6 is 0 Å². The van der Waals surface area contributed by atoms with Gasteiger partial charge in [-0.05, 0) is 19.3 Å². The van der Waals surface area contributed by atoms with Crippen LogP contribution in [0.5, 0.6) is 0 Å². The van der Waals surface area contributed by atoms with Crippen molar-refractivity contribution in [3.8, 4) is 0 Å². The molecule has 0 bridgehead atoms. The molecular formula is C9H14F4N2O4S. The molecule has 0 radical (unpaired) electrons. The van der Waals surface area contributed by atoms with Gasteiger partial charge in [0.05, 0.1) is 6.54 Å². The average molecular weight is 322 g/mol. The van der Waals surface area contributed by atoms with Crippen molar-refractivity contribution < 1.29 is 35.9 Å². The molecule has 0 saturated carbocycles. The maximum Gasteiger partial charge on any atom is 0.322 e. The largest absolute Gasteiger partial charge is 0.480 e. The van der Waals surface area contributed by atoms with Crippen molar-refractivity contribution in [2.75, 3.05) is 13.1 Å². The Morgan fingerprint density at radius 2 is 2.00 bits per heavy atom. The van der Waals surface area contributed by atoms with Crippen LogP contribution < -0.4 is 4.72 Å². The van der Waals surface area contributed by atoms with Crippen LogP contribution in [0.2, 0.25) is 0 Å². The molecule has 0 amide bonds. The van der Waals surface area contributed by atoms with Crippen LogP contribution in [-0.4, -0.2) is 55.3 Å². The SMILES string of the molecule is O=C(O)C1CCCCN1S(=O)(=O)NCC(F)(F)C(F)F. The fourth-order valence-corrected chi connectivity index (χ4v) is 3.23. The van der Waals surface area contributed by atoms with Crippen LogP contribution in [0.4, 0.5) is 17.6 Å². The molecule has 0 spiro atoms. The van der Waals surface area contributed by atoms with E-state index in [0.29, 0.717) is 17.1 Å². The third-order valence-corrected chi connectivity index (χ3v) is 4.42. The first-order valence-electron chi connectivity index (χ1n) is 5.73. The zero-order chi connectivity index (χ0) is 15.6. The first kappa shape index (κ1) is 17.1. The molecule has 2 N–H and O–H groups in total. The number of aliphatic carboxylic acids is 1. The Kier molecular flexibility index (Phi) is 5.33. The van der Waals surface area contributed by atoms with Gasteiger partial charge in [-0.3, -0.25) is 4.79 Å². The monoisotopic (exact) mass is 322 g/mol. The Morgan fingerprint density at radius 3 is 2.50 bits per heavy atom. The van der Waals surface area contributed by atoms with Crippen molar-refractivity contribution in [2.45, 2.75) is 37.7 Å². The molecule has 6 nitrogen and oxygen atoms in total. The molecule has 1 rings (SSSR count). The summed E-state index contributed by atoms with van der Waals surface area (Å²) in [5.41, 5.74) is 0. The predicted octanol–water partition coefficient (Wildman–Crippen LogP) is 0.660. The number of alkyl halides is 4. The lowest BCUT2D eigenvalue weighted by Crippen LogP contribution is -2.54. The summed E-state index contributed by atoms with van der Waals surface area (Å²) in [7, 11) is -4.56. The molecule has 1 heterocycles. The van der Waals surface area contributed by atoms with E-state index in [2.05, 4.69) is 0 Å². The maximum atomic E-state index is 12.7. The number of piperidine rings is 1. The van der Waals surface area contributed by atoms with Gasteiger partial charge in [0, 0.05) is 6.54 Å². The van der Waals surface area contributed by atoms with Gasteiger partial charge in [-0.2, -0.15) is 26.2 Å². The van der Waals surface area contributed by atoms with Crippen molar-refractivity contribution in [3.63, 3.8) is 0 Å². The molecule has 118 valence electrons. The maximum absolute atomic E-state index is 12.7. The van der Waals surface area contributed by atoms with Gasteiger partial charge in [0.15, 0.2) is 0 Å². The lowest BCUT2D eigenvalue weighted by Gasteiger charge is -2.32. The number of carbonyl (C=O) groups is 1. The molecule has 1 saturated heterocycles. The predicted molar refractivity (Wildman–Crippen MR) is 59.9 cm³/mol. The second kappa shape index (κ2) is 6.22. The number of hydrogen-bond donors (Lipinski definition) is 2. The summed E-state index contributed by atoms with van der Waals surface area (Å²) in [4.78, 5) is 10.9. The van der Waals surface area contributed by atoms with Gasteiger partial charge >= 0.3 is 18.3 Å².